The zero-order valence-electron chi connectivity index (χ0n) is 8.77. The minimum absolute atomic E-state index is 0.241. The standard InChI is InChI=1S/C11H13N3S/c1-7-12-10-11(15-7)13-8-5-3-4-6-9(8)14(10)2/h3-6,10-11,13H,1-2H3/t10-,11-/m1/s1. The number of rotatable bonds is 0. The van der Waals surface area contributed by atoms with E-state index in [2.05, 4.69) is 53.4 Å². The number of para-hydroxylation sites is 2. The van der Waals surface area contributed by atoms with Crippen LogP contribution in [0, 0.1) is 0 Å². The van der Waals surface area contributed by atoms with Crippen LogP contribution in [-0.4, -0.2) is 23.6 Å². The molecule has 3 nitrogen and oxygen atoms in total. The molecule has 2 aliphatic heterocycles. The molecule has 0 amide bonds. The summed E-state index contributed by atoms with van der Waals surface area (Å²) >= 11 is 1.81. The highest BCUT2D eigenvalue weighted by atomic mass is 32.2. The fraction of sp³-hybridized carbons (Fsp3) is 0.364. The lowest BCUT2D eigenvalue weighted by Crippen LogP contribution is -2.44. The van der Waals surface area contributed by atoms with Gasteiger partial charge in [0.25, 0.3) is 0 Å². The highest BCUT2D eigenvalue weighted by Gasteiger charge is 2.36. The van der Waals surface area contributed by atoms with E-state index in [1.807, 2.05) is 11.8 Å². The molecule has 15 heavy (non-hydrogen) atoms. The maximum atomic E-state index is 4.63. The average Bonchev–Trinajstić information content (AvgIpc) is 2.59. The van der Waals surface area contributed by atoms with E-state index in [0.717, 1.165) is 5.04 Å². The molecule has 0 saturated carbocycles. The van der Waals surface area contributed by atoms with Gasteiger partial charge in [0.1, 0.15) is 5.37 Å². The molecule has 0 aliphatic carbocycles. The molecule has 78 valence electrons. The van der Waals surface area contributed by atoms with E-state index in [1.165, 1.54) is 11.4 Å². The van der Waals surface area contributed by atoms with Crippen LogP contribution >= 0.6 is 11.8 Å². The van der Waals surface area contributed by atoms with Gasteiger partial charge in [-0.15, -0.1) is 0 Å². The van der Waals surface area contributed by atoms with Gasteiger partial charge in [0.05, 0.1) is 16.4 Å². The average molecular weight is 219 g/mol. The molecule has 2 atom stereocenters. The maximum absolute atomic E-state index is 4.63. The van der Waals surface area contributed by atoms with E-state index < -0.39 is 0 Å². The summed E-state index contributed by atoms with van der Waals surface area (Å²) in [6.45, 7) is 2.07. The lowest BCUT2D eigenvalue weighted by molar-refractivity contribution is 0.654. The molecular formula is C11H13N3S. The quantitative estimate of drug-likeness (QED) is 0.726. The summed E-state index contributed by atoms with van der Waals surface area (Å²) in [5.41, 5.74) is 2.44. The minimum atomic E-state index is 0.241. The van der Waals surface area contributed by atoms with Crippen LogP contribution in [0.1, 0.15) is 6.92 Å². The lowest BCUT2D eigenvalue weighted by Gasteiger charge is -2.36. The zero-order valence-corrected chi connectivity index (χ0v) is 9.58. The largest absolute Gasteiger partial charge is 0.368 e. The molecule has 0 radical (unpaired) electrons. The van der Waals surface area contributed by atoms with Crippen LogP contribution in [0.4, 0.5) is 11.4 Å². The molecular weight excluding hydrogens is 206 g/mol. The van der Waals surface area contributed by atoms with Crippen molar-refractivity contribution >= 4 is 28.2 Å². The zero-order chi connectivity index (χ0) is 10.4. The van der Waals surface area contributed by atoms with E-state index >= 15 is 0 Å². The first-order chi connectivity index (χ1) is 7.25. The Bertz CT molecular complexity index is 430. The number of hydrogen-bond donors (Lipinski definition) is 1. The molecule has 0 bridgehead atoms. The van der Waals surface area contributed by atoms with Crippen molar-refractivity contribution < 1.29 is 0 Å². The van der Waals surface area contributed by atoms with Crippen molar-refractivity contribution in [3.05, 3.63) is 24.3 Å². The Morgan fingerprint density at radius 1 is 1.40 bits per heavy atom. The molecule has 0 aromatic heterocycles. The molecule has 1 N–H and O–H groups in total. The van der Waals surface area contributed by atoms with E-state index in [1.54, 1.807) is 0 Å². The van der Waals surface area contributed by atoms with Crippen LogP contribution in [0.25, 0.3) is 0 Å². The highest BCUT2D eigenvalue weighted by Crippen LogP contribution is 2.39. The van der Waals surface area contributed by atoms with Crippen LogP contribution in [0.15, 0.2) is 29.3 Å². The fourth-order valence-corrected chi connectivity index (χ4v) is 3.21. The van der Waals surface area contributed by atoms with Crippen molar-refractivity contribution in [2.75, 3.05) is 17.3 Å². The van der Waals surface area contributed by atoms with E-state index in [4.69, 9.17) is 0 Å². The maximum Gasteiger partial charge on any atom is 0.152 e. The topological polar surface area (TPSA) is 27.6 Å². The summed E-state index contributed by atoms with van der Waals surface area (Å²) in [6.07, 6.45) is 0.241. The first kappa shape index (κ1) is 9.09. The van der Waals surface area contributed by atoms with Gasteiger partial charge in [-0.25, -0.2) is 0 Å². The summed E-state index contributed by atoms with van der Waals surface area (Å²) < 4.78 is 0. The second-order valence-electron chi connectivity index (χ2n) is 3.87. The molecule has 2 heterocycles. The second-order valence-corrected chi connectivity index (χ2v) is 5.21. The first-order valence-corrected chi connectivity index (χ1v) is 5.93. The van der Waals surface area contributed by atoms with Gasteiger partial charge in [0.2, 0.25) is 0 Å². The third-order valence-electron chi connectivity index (χ3n) is 2.86. The van der Waals surface area contributed by atoms with Gasteiger partial charge in [0, 0.05) is 7.05 Å². The molecule has 4 heteroatoms. The Morgan fingerprint density at radius 2 is 2.20 bits per heavy atom. The number of thioether (sulfide) groups is 1. The van der Waals surface area contributed by atoms with Crippen molar-refractivity contribution in [2.24, 2.45) is 4.99 Å². The minimum Gasteiger partial charge on any atom is -0.368 e. The fourth-order valence-electron chi connectivity index (χ4n) is 2.12. The van der Waals surface area contributed by atoms with Gasteiger partial charge in [-0.2, -0.15) is 0 Å². The molecule has 2 aliphatic rings. The molecule has 0 saturated heterocycles. The predicted molar refractivity (Wildman–Crippen MR) is 66.7 cm³/mol. The SMILES string of the molecule is CC1=N[C@H]2[C@H](Nc3ccccc3N2C)S1. The van der Waals surface area contributed by atoms with E-state index in [9.17, 15) is 0 Å². The molecule has 1 aromatic carbocycles. The molecule has 0 unspecified atom stereocenters. The number of fused-ring (bicyclic) bond motifs is 2. The number of likely N-dealkylation sites (N-methyl/N-ethyl adjacent to an activating group) is 1. The van der Waals surface area contributed by atoms with Gasteiger partial charge in [-0.05, 0) is 19.1 Å². The van der Waals surface area contributed by atoms with Gasteiger partial charge >= 0.3 is 0 Å². The van der Waals surface area contributed by atoms with Crippen LogP contribution in [0.3, 0.4) is 0 Å². The molecule has 0 spiro atoms. The Labute approximate surface area is 93.6 Å². The molecule has 1 aromatic rings. The van der Waals surface area contributed by atoms with E-state index in [0.29, 0.717) is 5.37 Å². The van der Waals surface area contributed by atoms with E-state index in [-0.39, 0.29) is 6.17 Å². The molecule has 3 rings (SSSR count). The number of hydrogen-bond acceptors (Lipinski definition) is 4. The summed E-state index contributed by atoms with van der Waals surface area (Å²) in [6, 6.07) is 8.38. The summed E-state index contributed by atoms with van der Waals surface area (Å²) in [7, 11) is 2.11. The number of aliphatic imine (C=N–C) groups is 1. The van der Waals surface area contributed by atoms with Crippen molar-refractivity contribution in [2.45, 2.75) is 18.5 Å². The van der Waals surface area contributed by atoms with Gasteiger partial charge in [-0.1, -0.05) is 23.9 Å². The lowest BCUT2D eigenvalue weighted by atomic mass is 10.2. The number of nitrogens with one attached hydrogen (secondary N) is 1. The van der Waals surface area contributed by atoms with Crippen molar-refractivity contribution in [1.82, 2.24) is 0 Å². The van der Waals surface area contributed by atoms with Crippen LogP contribution in [0.5, 0.6) is 0 Å². The van der Waals surface area contributed by atoms with Crippen molar-refractivity contribution in [3.63, 3.8) is 0 Å². The predicted octanol–water partition coefficient (Wildman–Crippen LogP) is 2.37. The normalized spacial score (nSPS) is 27.9. The number of benzene rings is 1. The Hall–Kier alpha value is -1.16. The Balaban J connectivity index is 2.04. The first-order valence-electron chi connectivity index (χ1n) is 5.05. The number of nitrogens with zero attached hydrogens (tertiary/aromatic N) is 2. The van der Waals surface area contributed by atoms with Crippen LogP contribution in [0.2, 0.25) is 0 Å². The van der Waals surface area contributed by atoms with Gasteiger partial charge in [-0.3, -0.25) is 4.99 Å². The highest BCUT2D eigenvalue weighted by molar-refractivity contribution is 8.14. The summed E-state index contributed by atoms with van der Waals surface area (Å²) in [4.78, 5) is 6.88. The third-order valence-corrected chi connectivity index (χ3v) is 3.92. The smallest absolute Gasteiger partial charge is 0.152 e. The monoisotopic (exact) mass is 219 g/mol. The van der Waals surface area contributed by atoms with Gasteiger partial charge in [0.15, 0.2) is 6.17 Å². The van der Waals surface area contributed by atoms with Gasteiger partial charge < -0.3 is 10.2 Å². The second kappa shape index (κ2) is 3.17. The molecule has 0 fully saturated rings. The summed E-state index contributed by atoms with van der Waals surface area (Å²) in [5, 5.41) is 5.06. The van der Waals surface area contributed by atoms with Crippen molar-refractivity contribution in [3.8, 4) is 0 Å². The Morgan fingerprint density at radius 3 is 3.07 bits per heavy atom. The van der Waals surface area contributed by atoms with Crippen LogP contribution < -0.4 is 10.2 Å². The van der Waals surface area contributed by atoms with Crippen molar-refractivity contribution in [1.29, 1.82) is 0 Å². The summed E-state index contributed by atoms with van der Waals surface area (Å²) in [5.74, 6) is 0. The van der Waals surface area contributed by atoms with Crippen LogP contribution in [-0.2, 0) is 0 Å². The Kier molecular flexibility index (Phi) is 1.92. The number of anilines is 2. The third kappa shape index (κ3) is 1.32.